The van der Waals surface area contributed by atoms with Crippen molar-refractivity contribution in [3.8, 4) is 0 Å². The van der Waals surface area contributed by atoms with E-state index in [9.17, 15) is 0 Å². The SMILES string of the molecule is C[N+](C)(C)C.O=NOO. The van der Waals surface area contributed by atoms with Crippen LogP contribution in [0.1, 0.15) is 0 Å². The average Bonchev–Trinajstić information content (AvgIpc) is 1.61. The first-order valence-corrected chi connectivity index (χ1v) is 2.34. The molecule has 0 bridgehead atoms. The summed E-state index contributed by atoms with van der Waals surface area (Å²) in [7, 11) is 8.50. The lowest BCUT2D eigenvalue weighted by atomic mass is 10.8. The summed E-state index contributed by atoms with van der Waals surface area (Å²) in [6.45, 7) is 0. The van der Waals surface area contributed by atoms with Crippen LogP contribution in [0.3, 0.4) is 0 Å². The van der Waals surface area contributed by atoms with Gasteiger partial charge in [0.05, 0.1) is 28.2 Å². The molecule has 0 aromatic rings. The second kappa shape index (κ2) is 5.46. The molecule has 0 heterocycles. The fourth-order valence-corrected chi connectivity index (χ4v) is 0. The molecule has 5 heteroatoms. The van der Waals surface area contributed by atoms with E-state index in [2.05, 4.69) is 33.2 Å². The van der Waals surface area contributed by atoms with Gasteiger partial charge in [-0.2, -0.15) is 10.2 Å². The van der Waals surface area contributed by atoms with Crippen LogP contribution in [0.4, 0.5) is 0 Å². The zero-order chi connectivity index (χ0) is 7.91. The van der Waals surface area contributed by atoms with Crippen molar-refractivity contribution >= 4 is 0 Å². The average molecular weight is 137 g/mol. The molecule has 5 nitrogen and oxygen atoms in total. The number of hydrogen-bond acceptors (Lipinski definition) is 4. The molecule has 1 N–H and O–H groups in total. The molecule has 0 amide bonds. The zero-order valence-electron chi connectivity index (χ0n) is 6.16. The molecule has 0 aromatic carbocycles. The molecule has 0 aliphatic heterocycles. The van der Waals surface area contributed by atoms with Crippen molar-refractivity contribution in [2.45, 2.75) is 0 Å². The van der Waals surface area contributed by atoms with Crippen LogP contribution < -0.4 is 0 Å². The van der Waals surface area contributed by atoms with Gasteiger partial charge in [-0.15, -0.1) is 4.91 Å². The van der Waals surface area contributed by atoms with Gasteiger partial charge in [-0.05, 0) is 0 Å². The van der Waals surface area contributed by atoms with E-state index in [0.717, 1.165) is 4.48 Å². The molecule has 0 spiro atoms. The van der Waals surface area contributed by atoms with Gasteiger partial charge in [0.2, 0.25) is 0 Å². The molecule has 0 saturated heterocycles. The fourth-order valence-electron chi connectivity index (χ4n) is 0. The molecule has 0 rings (SSSR count). The molecule has 0 aromatic heterocycles. The number of hydrogen-bond donors (Lipinski definition) is 1. The smallest absolute Gasteiger partial charge is 0.190 e. The maximum absolute atomic E-state index is 8.45. The van der Waals surface area contributed by atoms with Gasteiger partial charge in [0.1, 0.15) is 0 Å². The van der Waals surface area contributed by atoms with Gasteiger partial charge in [0, 0.05) is 0 Å². The van der Waals surface area contributed by atoms with Crippen molar-refractivity contribution < 1.29 is 14.7 Å². The van der Waals surface area contributed by atoms with Crippen LogP contribution in [-0.4, -0.2) is 37.9 Å². The molecule has 0 radical (unpaired) electrons. The van der Waals surface area contributed by atoms with Crippen molar-refractivity contribution in [1.29, 1.82) is 0 Å². The topological polar surface area (TPSA) is 58.9 Å². The second-order valence-electron chi connectivity index (χ2n) is 2.84. The van der Waals surface area contributed by atoms with Crippen LogP contribution in [0.25, 0.3) is 0 Å². The Balaban J connectivity index is 0. The zero-order valence-corrected chi connectivity index (χ0v) is 6.16. The van der Waals surface area contributed by atoms with Crippen LogP contribution >= 0.6 is 0 Å². The maximum Gasteiger partial charge on any atom is 0.190 e. The Labute approximate surface area is 54.3 Å². The molecule has 9 heavy (non-hydrogen) atoms. The van der Waals surface area contributed by atoms with E-state index >= 15 is 0 Å². The number of rotatable bonds is 1. The Morgan fingerprint density at radius 3 is 1.44 bits per heavy atom. The molecule has 0 saturated carbocycles. The summed E-state index contributed by atoms with van der Waals surface area (Å²) in [4.78, 5) is 11.1. The summed E-state index contributed by atoms with van der Waals surface area (Å²) in [5.41, 5.74) is 0. The lowest BCUT2D eigenvalue weighted by Crippen LogP contribution is -2.27. The highest BCUT2D eigenvalue weighted by Crippen LogP contribution is 1.73. The summed E-state index contributed by atoms with van der Waals surface area (Å²) >= 11 is 0. The minimum absolute atomic E-state index is 1.00. The predicted molar refractivity (Wildman–Crippen MR) is 33.5 cm³/mol. The first kappa shape index (κ1) is 11.2. The normalized spacial score (nSPS) is 9.00. The lowest BCUT2D eigenvalue weighted by molar-refractivity contribution is -0.849. The largest absolute Gasteiger partial charge is 0.333 e. The van der Waals surface area contributed by atoms with Crippen molar-refractivity contribution in [1.82, 2.24) is 0 Å². The Kier molecular flexibility index (Phi) is 6.77. The van der Waals surface area contributed by atoms with E-state index in [1.165, 1.54) is 0 Å². The molecule has 56 valence electrons. The highest BCUT2D eigenvalue weighted by Gasteiger charge is 1.88. The quantitative estimate of drug-likeness (QED) is 0.247. The molecular weight excluding hydrogens is 124 g/mol. The van der Waals surface area contributed by atoms with Crippen LogP contribution in [0.15, 0.2) is 5.34 Å². The van der Waals surface area contributed by atoms with Crippen molar-refractivity contribution in [3.63, 3.8) is 0 Å². The van der Waals surface area contributed by atoms with Crippen molar-refractivity contribution in [2.75, 3.05) is 28.2 Å². The van der Waals surface area contributed by atoms with Gasteiger partial charge in [0.15, 0.2) is 5.34 Å². The Bertz CT molecular complexity index is 62.7. The van der Waals surface area contributed by atoms with Crippen LogP contribution in [0.2, 0.25) is 0 Å². The third-order valence-corrected chi connectivity index (χ3v) is 0.0333. The number of quaternary nitrogens is 1. The fraction of sp³-hybridized carbons (Fsp3) is 1.00. The summed E-state index contributed by atoms with van der Waals surface area (Å²) in [6.07, 6.45) is 0. The number of nitrogens with zero attached hydrogens (tertiary/aromatic N) is 2. The second-order valence-corrected chi connectivity index (χ2v) is 2.84. The maximum atomic E-state index is 8.45. The third-order valence-electron chi connectivity index (χ3n) is 0.0333. The molecule has 0 atom stereocenters. The lowest BCUT2D eigenvalue weighted by Gasteiger charge is -2.14. The monoisotopic (exact) mass is 137 g/mol. The highest BCUT2D eigenvalue weighted by molar-refractivity contribution is 3.87. The minimum atomic E-state index is 1.00. The van der Waals surface area contributed by atoms with E-state index in [4.69, 9.17) is 10.2 Å². The summed E-state index contributed by atoms with van der Waals surface area (Å²) in [5.74, 6) is 0. The summed E-state index contributed by atoms with van der Waals surface area (Å²) < 4.78 is 1.00. The van der Waals surface area contributed by atoms with E-state index < -0.39 is 0 Å². The van der Waals surface area contributed by atoms with Crippen molar-refractivity contribution in [2.24, 2.45) is 5.34 Å². The Morgan fingerprint density at radius 1 is 1.33 bits per heavy atom. The van der Waals surface area contributed by atoms with Crippen LogP contribution in [-0.2, 0) is 4.99 Å². The molecular formula is C4H13N2O3+. The van der Waals surface area contributed by atoms with E-state index in [1.54, 1.807) is 5.34 Å². The molecule has 0 fully saturated rings. The van der Waals surface area contributed by atoms with Gasteiger partial charge in [0.25, 0.3) is 0 Å². The first-order chi connectivity index (χ1) is 3.91. The van der Waals surface area contributed by atoms with Gasteiger partial charge >= 0.3 is 0 Å². The van der Waals surface area contributed by atoms with Crippen LogP contribution in [0.5, 0.6) is 0 Å². The Hall–Kier alpha value is -0.680. The summed E-state index contributed by atoms with van der Waals surface area (Å²) in [5, 5.41) is 8.44. The first-order valence-electron chi connectivity index (χ1n) is 2.34. The van der Waals surface area contributed by atoms with Crippen molar-refractivity contribution in [3.05, 3.63) is 4.91 Å². The molecule has 0 aliphatic carbocycles. The highest BCUT2D eigenvalue weighted by atomic mass is 17.2. The standard InChI is InChI=1S/C4H12N.HNO3/c1-5(2,3)4;2-1-4-3/h1-4H3;3H/q+1;. The van der Waals surface area contributed by atoms with Crippen LogP contribution in [0, 0.1) is 4.91 Å². The predicted octanol–water partition coefficient (Wildman–Crippen LogP) is 0.480. The van der Waals surface area contributed by atoms with E-state index in [-0.39, 0.29) is 0 Å². The van der Waals surface area contributed by atoms with Gasteiger partial charge in [-0.1, -0.05) is 0 Å². The van der Waals surface area contributed by atoms with E-state index in [0.29, 0.717) is 0 Å². The third kappa shape index (κ3) is 2020. The molecule has 0 aliphatic rings. The van der Waals surface area contributed by atoms with Gasteiger partial charge in [-0.25, -0.2) is 0 Å². The Morgan fingerprint density at radius 2 is 1.44 bits per heavy atom. The summed E-state index contributed by atoms with van der Waals surface area (Å²) in [6, 6.07) is 0. The van der Waals surface area contributed by atoms with Gasteiger partial charge < -0.3 is 4.48 Å². The van der Waals surface area contributed by atoms with Gasteiger partial charge in [-0.3, -0.25) is 0 Å². The molecule has 0 unspecified atom stereocenters. The van der Waals surface area contributed by atoms with E-state index in [1.807, 2.05) is 0 Å². The minimum Gasteiger partial charge on any atom is -0.333 e.